The zero-order valence-corrected chi connectivity index (χ0v) is 32.6. The van der Waals surface area contributed by atoms with Gasteiger partial charge in [0, 0.05) is 57.6 Å². The van der Waals surface area contributed by atoms with E-state index in [0.717, 1.165) is 39.2 Å². The van der Waals surface area contributed by atoms with Crippen LogP contribution in [0.3, 0.4) is 0 Å². The largest absolute Gasteiger partial charge is 0.319 e. The molecule has 0 spiro atoms. The van der Waals surface area contributed by atoms with Crippen LogP contribution in [0.4, 0.5) is 0 Å². The zero-order chi connectivity index (χ0) is 34.7. The fourth-order valence-corrected chi connectivity index (χ4v) is 7.64. The summed E-state index contributed by atoms with van der Waals surface area (Å²) in [4.78, 5) is 5.01. The molecule has 0 bridgehead atoms. The molecule has 5 heteroatoms. The van der Waals surface area contributed by atoms with Crippen LogP contribution in [-0.4, -0.2) is 18.7 Å². The van der Waals surface area contributed by atoms with Crippen LogP contribution in [0.25, 0.3) is 55.5 Å². The normalized spacial score (nSPS) is 12.0. The van der Waals surface area contributed by atoms with Gasteiger partial charge in [0.25, 0.3) is 0 Å². The Morgan fingerprint density at radius 3 is 2.04 bits per heavy atom. The van der Waals surface area contributed by atoms with E-state index in [4.69, 9.17) is 4.98 Å². The first-order valence-corrected chi connectivity index (χ1v) is 17.7. The third-order valence-corrected chi connectivity index (χ3v) is 10.4. The van der Waals surface area contributed by atoms with Crippen LogP contribution in [0, 0.1) is 12.1 Å². The molecule has 0 aliphatic carbocycles. The fraction of sp³-hybridized carbons (Fsp3) is 0.217. The molecule has 0 saturated heterocycles. The van der Waals surface area contributed by atoms with Gasteiger partial charge in [-0.05, 0) is 75.2 Å². The Morgan fingerprint density at radius 2 is 1.31 bits per heavy atom. The monoisotopic (exact) mass is 846 g/mol. The number of imidazole rings is 1. The van der Waals surface area contributed by atoms with E-state index >= 15 is 0 Å². The van der Waals surface area contributed by atoms with Crippen LogP contribution in [0.15, 0.2) is 122 Å². The molecule has 0 radical (unpaired) electrons. The number of aryl methyl sites for hydroxylation is 1. The van der Waals surface area contributed by atoms with Crippen molar-refractivity contribution in [2.45, 2.75) is 58.8 Å². The summed E-state index contributed by atoms with van der Waals surface area (Å²) in [6.45, 7) is 13.7. The molecule has 0 unspecified atom stereocenters. The molecule has 5 aromatic carbocycles. The van der Waals surface area contributed by atoms with Gasteiger partial charge in [-0.15, -0.1) is 23.1 Å². The van der Waals surface area contributed by atoms with Gasteiger partial charge in [0.05, 0.1) is 0 Å². The van der Waals surface area contributed by atoms with Crippen molar-refractivity contribution in [3.8, 4) is 22.6 Å². The molecule has 4 nitrogen and oxygen atoms in total. The third-order valence-electron chi connectivity index (χ3n) is 10.4. The SMILES string of the molecule is CC(C)c1cccc(C(C)C)c1-c1ccnc(-n2c3[c-]c(C(C)(C)c4[c-]c(-n5[cH+]n(C)c6ccccc65)ccc4)ccc3c3ccccc32)c1.[Pt]. The predicted octanol–water partition coefficient (Wildman–Crippen LogP) is 11.6. The molecule has 0 fully saturated rings. The van der Waals surface area contributed by atoms with Gasteiger partial charge < -0.3 is 4.57 Å². The van der Waals surface area contributed by atoms with Crippen molar-refractivity contribution in [3.63, 3.8) is 0 Å². The van der Waals surface area contributed by atoms with E-state index in [1.165, 1.54) is 38.5 Å². The molecule has 3 heterocycles. The molecule has 8 rings (SSSR count). The first-order chi connectivity index (χ1) is 24.1. The number of fused-ring (bicyclic) bond motifs is 4. The van der Waals surface area contributed by atoms with E-state index in [0.29, 0.717) is 11.8 Å². The van der Waals surface area contributed by atoms with E-state index in [-0.39, 0.29) is 26.5 Å². The minimum atomic E-state index is -0.367. The van der Waals surface area contributed by atoms with Crippen LogP contribution < -0.4 is 0 Å². The second-order valence-corrected chi connectivity index (χ2v) is 14.7. The Kier molecular flexibility index (Phi) is 9.10. The van der Waals surface area contributed by atoms with Gasteiger partial charge in [-0.3, -0.25) is 0 Å². The smallest absolute Gasteiger partial charge is 0.188 e. The predicted molar refractivity (Wildman–Crippen MR) is 209 cm³/mol. The number of pyridine rings is 1. The number of rotatable bonds is 7. The van der Waals surface area contributed by atoms with E-state index < -0.39 is 0 Å². The van der Waals surface area contributed by atoms with Gasteiger partial charge in [-0.2, -0.15) is 35.9 Å². The number of aromatic nitrogens is 4. The van der Waals surface area contributed by atoms with Gasteiger partial charge in [0.1, 0.15) is 5.82 Å². The van der Waals surface area contributed by atoms with E-state index in [2.05, 4.69) is 190 Å². The van der Waals surface area contributed by atoms with Gasteiger partial charge in [-0.25, -0.2) is 14.1 Å². The van der Waals surface area contributed by atoms with Gasteiger partial charge in [-0.1, -0.05) is 83.5 Å². The first kappa shape index (κ1) is 34.6. The average molecular weight is 847 g/mol. The minimum absolute atomic E-state index is 0. The molecule has 8 aromatic rings. The second-order valence-electron chi connectivity index (χ2n) is 14.7. The molecule has 0 aliphatic rings. The van der Waals surface area contributed by atoms with Gasteiger partial charge in [0.2, 0.25) is 0 Å². The molecule has 3 aromatic heterocycles. The Morgan fingerprint density at radius 1 is 0.667 bits per heavy atom. The molecule has 258 valence electrons. The maximum Gasteiger partial charge on any atom is 0.188 e. The van der Waals surface area contributed by atoms with Crippen LogP contribution in [0.2, 0.25) is 0 Å². The summed E-state index contributed by atoms with van der Waals surface area (Å²) in [5, 5.41) is 2.36. The molecule has 0 N–H and O–H groups in total. The van der Waals surface area contributed by atoms with Crippen molar-refractivity contribution in [1.29, 1.82) is 0 Å². The Balaban J connectivity index is 0.00000406. The number of benzene rings is 5. The Labute approximate surface area is 315 Å². The Bertz CT molecular complexity index is 2520. The van der Waals surface area contributed by atoms with Crippen molar-refractivity contribution >= 4 is 32.8 Å². The van der Waals surface area contributed by atoms with Crippen molar-refractivity contribution in [2.24, 2.45) is 7.05 Å². The van der Waals surface area contributed by atoms with E-state index in [1.807, 2.05) is 6.20 Å². The summed E-state index contributed by atoms with van der Waals surface area (Å²) in [5.41, 5.74) is 12.6. The zero-order valence-electron chi connectivity index (χ0n) is 30.3. The molecular formula is C46H43N4Pt-. The summed E-state index contributed by atoms with van der Waals surface area (Å²) in [6, 6.07) is 47.0. The summed E-state index contributed by atoms with van der Waals surface area (Å²) in [5.74, 6) is 1.70. The standard InChI is InChI=1S/C46H43N4.Pt/c1-30(2)36-17-13-18-37(31(3)4)45(36)32-24-25-47-44(26-32)50-40-19-9-8-16-38(40)39-23-22-34(28-43(39)50)46(5,6)33-14-12-15-35(27-33)49-29-48(7)41-20-10-11-21-42(41)49;/h8-26,29-31H,1-7H3;/q-1;. The summed E-state index contributed by atoms with van der Waals surface area (Å²) < 4.78 is 6.68. The van der Waals surface area contributed by atoms with Crippen LogP contribution in [0.5, 0.6) is 0 Å². The second kappa shape index (κ2) is 13.4. The van der Waals surface area contributed by atoms with Crippen molar-refractivity contribution < 1.29 is 21.1 Å². The topological polar surface area (TPSA) is 27.7 Å². The maximum absolute atomic E-state index is 5.01. The van der Waals surface area contributed by atoms with Gasteiger partial charge >= 0.3 is 0 Å². The van der Waals surface area contributed by atoms with Crippen molar-refractivity contribution in [1.82, 2.24) is 18.7 Å². The van der Waals surface area contributed by atoms with Crippen molar-refractivity contribution in [3.05, 3.63) is 156 Å². The maximum atomic E-state index is 5.01. The molecular weight excluding hydrogens is 804 g/mol. The summed E-state index contributed by atoms with van der Waals surface area (Å²) in [6.07, 6.45) is 4.10. The number of hydrogen-bond donors (Lipinski definition) is 0. The van der Waals surface area contributed by atoms with E-state index in [1.54, 1.807) is 0 Å². The molecule has 0 aliphatic heterocycles. The number of para-hydroxylation sites is 3. The molecule has 0 amide bonds. The third kappa shape index (κ3) is 5.84. The average Bonchev–Trinajstić information content (AvgIpc) is 3.65. The van der Waals surface area contributed by atoms with E-state index in [9.17, 15) is 0 Å². The number of nitrogens with zero attached hydrogens (tertiary/aromatic N) is 4. The Hall–Kier alpha value is -4.79. The molecule has 0 atom stereocenters. The molecule has 0 saturated carbocycles. The van der Waals surface area contributed by atoms with Gasteiger partial charge in [0.15, 0.2) is 17.4 Å². The molecule has 51 heavy (non-hydrogen) atoms. The minimum Gasteiger partial charge on any atom is -0.319 e. The quantitative estimate of drug-likeness (QED) is 0.147. The summed E-state index contributed by atoms with van der Waals surface area (Å²) in [7, 11) is 2.09. The van der Waals surface area contributed by atoms with Crippen LogP contribution in [-0.2, 0) is 33.5 Å². The van der Waals surface area contributed by atoms with Crippen molar-refractivity contribution in [2.75, 3.05) is 0 Å². The first-order valence-electron chi connectivity index (χ1n) is 17.7. The van der Waals surface area contributed by atoms with Crippen LogP contribution in [0.1, 0.15) is 75.6 Å². The summed E-state index contributed by atoms with van der Waals surface area (Å²) >= 11 is 0. The number of hydrogen-bond acceptors (Lipinski definition) is 1. The van der Waals surface area contributed by atoms with Crippen LogP contribution >= 0.6 is 0 Å². The fourth-order valence-electron chi connectivity index (χ4n) is 7.64.